The lowest BCUT2D eigenvalue weighted by Gasteiger charge is -2.19. The van der Waals surface area contributed by atoms with Crippen molar-refractivity contribution < 1.29 is 19.1 Å². The Hall–Kier alpha value is -1.55. The third kappa shape index (κ3) is 2.29. The lowest BCUT2D eigenvalue weighted by molar-refractivity contribution is -0.142. The predicted molar refractivity (Wildman–Crippen MR) is 73.2 cm³/mol. The van der Waals surface area contributed by atoms with Gasteiger partial charge < -0.3 is 9.47 Å². The molecule has 1 heterocycles. The maximum Gasteiger partial charge on any atom is 0.309 e. The van der Waals surface area contributed by atoms with Gasteiger partial charge in [-0.2, -0.15) is 0 Å². The SMILES string of the molecule is COC(=O)C1CC1C(=O)c1cc(Cl)c2c(c1)CCCO2. The molecule has 20 heavy (non-hydrogen) atoms. The molecule has 1 fully saturated rings. The van der Waals surface area contributed by atoms with Crippen LogP contribution in [0.5, 0.6) is 5.75 Å². The summed E-state index contributed by atoms with van der Waals surface area (Å²) in [5, 5.41) is 0.473. The van der Waals surface area contributed by atoms with Crippen LogP contribution in [-0.4, -0.2) is 25.5 Å². The zero-order chi connectivity index (χ0) is 14.3. The number of methoxy groups -OCH3 is 1. The van der Waals surface area contributed by atoms with E-state index in [2.05, 4.69) is 4.74 Å². The molecule has 0 amide bonds. The van der Waals surface area contributed by atoms with Crippen LogP contribution in [0.2, 0.25) is 5.02 Å². The van der Waals surface area contributed by atoms with E-state index in [4.69, 9.17) is 16.3 Å². The van der Waals surface area contributed by atoms with E-state index in [9.17, 15) is 9.59 Å². The van der Waals surface area contributed by atoms with Crippen molar-refractivity contribution >= 4 is 23.4 Å². The molecular formula is C15H15ClO4. The summed E-state index contributed by atoms with van der Waals surface area (Å²) in [5.74, 6) is -0.208. The van der Waals surface area contributed by atoms with Crippen LogP contribution < -0.4 is 4.74 Å². The fraction of sp³-hybridized carbons (Fsp3) is 0.467. The standard InChI is InChI=1S/C15H15ClO4/c1-19-15(18)11-7-10(11)13(17)9-5-8-3-2-4-20-14(8)12(16)6-9/h5-6,10-11H,2-4,7H2,1H3. The van der Waals surface area contributed by atoms with Crippen molar-refractivity contribution in [3.05, 3.63) is 28.3 Å². The summed E-state index contributed by atoms with van der Waals surface area (Å²) in [5.41, 5.74) is 1.54. The van der Waals surface area contributed by atoms with E-state index in [0.29, 0.717) is 29.4 Å². The van der Waals surface area contributed by atoms with Gasteiger partial charge in [-0.15, -0.1) is 0 Å². The molecule has 0 bridgehead atoms. The van der Waals surface area contributed by atoms with Crippen molar-refractivity contribution in [3.8, 4) is 5.75 Å². The zero-order valence-corrected chi connectivity index (χ0v) is 11.9. The van der Waals surface area contributed by atoms with Gasteiger partial charge in [0.25, 0.3) is 0 Å². The van der Waals surface area contributed by atoms with Crippen molar-refractivity contribution in [3.63, 3.8) is 0 Å². The highest BCUT2D eigenvalue weighted by atomic mass is 35.5. The van der Waals surface area contributed by atoms with Crippen LogP contribution in [0.25, 0.3) is 0 Å². The number of esters is 1. The Bertz CT molecular complexity index is 581. The Balaban J connectivity index is 1.83. The van der Waals surface area contributed by atoms with Gasteiger partial charge in [-0.25, -0.2) is 0 Å². The van der Waals surface area contributed by atoms with Gasteiger partial charge in [0.1, 0.15) is 5.75 Å². The van der Waals surface area contributed by atoms with Gasteiger partial charge in [0.05, 0.1) is 24.7 Å². The van der Waals surface area contributed by atoms with E-state index in [1.165, 1.54) is 7.11 Å². The monoisotopic (exact) mass is 294 g/mol. The number of aryl methyl sites for hydroxylation is 1. The number of carbonyl (C=O) groups is 2. The number of benzene rings is 1. The summed E-state index contributed by atoms with van der Waals surface area (Å²) in [7, 11) is 1.34. The Morgan fingerprint density at radius 1 is 1.35 bits per heavy atom. The van der Waals surface area contributed by atoms with Gasteiger partial charge in [-0.1, -0.05) is 11.6 Å². The molecule has 0 spiro atoms. The molecule has 0 saturated heterocycles. The van der Waals surface area contributed by atoms with Crippen LogP contribution in [0.4, 0.5) is 0 Å². The van der Waals surface area contributed by atoms with Crippen LogP contribution in [0.1, 0.15) is 28.8 Å². The summed E-state index contributed by atoms with van der Waals surface area (Å²) >= 11 is 6.17. The van der Waals surface area contributed by atoms with E-state index in [1.54, 1.807) is 6.07 Å². The molecule has 106 valence electrons. The number of rotatable bonds is 3. The summed E-state index contributed by atoms with van der Waals surface area (Å²) in [6.45, 7) is 0.660. The Morgan fingerprint density at radius 3 is 2.90 bits per heavy atom. The minimum atomic E-state index is -0.309. The summed E-state index contributed by atoms with van der Waals surface area (Å²) < 4.78 is 10.2. The Kier molecular flexibility index (Phi) is 3.42. The number of ether oxygens (including phenoxy) is 2. The van der Waals surface area contributed by atoms with Crippen LogP contribution >= 0.6 is 11.6 Å². The highest BCUT2D eigenvalue weighted by Crippen LogP contribution is 2.43. The maximum absolute atomic E-state index is 12.4. The van der Waals surface area contributed by atoms with E-state index in [0.717, 1.165) is 18.4 Å². The summed E-state index contributed by atoms with van der Waals surface area (Å²) in [4.78, 5) is 23.8. The van der Waals surface area contributed by atoms with E-state index in [1.807, 2.05) is 6.07 Å². The highest BCUT2D eigenvalue weighted by molar-refractivity contribution is 6.32. The van der Waals surface area contributed by atoms with Crippen molar-refractivity contribution in [2.75, 3.05) is 13.7 Å². The number of fused-ring (bicyclic) bond motifs is 1. The molecule has 0 radical (unpaired) electrons. The van der Waals surface area contributed by atoms with Gasteiger partial charge >= 0.3 is 5.97 Å². The minimum Gasteiger partial charge on any atom is -0.492 e. The molecule has 0 aromatic heterocycles. The smallest absolute Gasteiger partial charge is 0.309 e. The first-order valence-electron chi connectivity index (χ1n) is 6.69. The van der Waals surface area contributed by atoms with Crippen molar-refractivity contribution in [1.82, 2.24) is 0 Å². The highest BCUT2D eigenvalue weighted by Gasteiger charge is 2.49. The third-order valence-corrected chi connectivity index (χ3v) is 4.15. The maximum atomic E-state index is 12.4. The van der Waals surface area contributed by atoms with Gasteiger partial charge in [0.15, 0.2) is 5.78 Å². The molecule has 5 heteroatoms. The number of ketones is 1. The molecule has 4 nitrogen and oxygen atoms in total. The topological polar surface area (TPSA) is 52.6 Å². The second-order valence-electron chi connectivity index (χ2n) is 5.23. The first-order valence-corrected chi connectivity index (χ1v) is 7.07. The first-order chi connectivity index (χ1) is 9.61. The molecule has 2 unspecified atom stereocenters. The Labute approximate surface area is 122 Å². The van der Waals surface area contributed by atoms with Crippen molar-refractivity contribution in [2.45, 2.75) is 19.3 Å². The molecule has 1 aliphatic heterocycles. The molecule has 1 aliphatic carbocycles. The molecule has 1 aromatic rings. The minimum absolute atomic E-state index is 0.0318. The van der Waals surface area contributed by atoms with Crippen LogP contribution in [-0.2, 0) is 16.0 Å². The Morgan fingerprint density at radius 2 is 2.15 bits per heavy atom. The molecule has 2 aliphatic rings. The average Bonchev–Trinajstić information content (AvgIpc) is 3.26. The van der Waals surface area contributed by atoms with E-state index >= 15 is 0 Å². The van der Waals surface area contributed by atoms with Gasteiger partial charge in [-0.3, -0.25) is 9.59 Å². The lowest BCUT2D eigenvalue weighted by Crippen LogP contribution is -2.13. The third-order valence-electron chi connectivity index (χ3n) is 3.87. The van der Waals surface area contributed by atoms with Crippen LogP contribution in [0, 0.1) is 11.8 Å². The molecule has 2 atom stereocenters. The lowest BCUT2D eigenvalue weighted by atomic mass is 9.99. The molecule has 1 aromatic carbocycles. The van der Waals surface area contributed by atoms with E-state index in [-0.39, 0.29) is 23.6 Å². The molecule has 0 N–H and O–H groups in total. The van der Waals surface area contributed by atoms with Gasteiger partial charge in [-0.05, 0) is 37.0 Å². The first kappa shape index (κ1) is 13.4. The summed E-state index contributed by atoms with van der Waals surface area (Å²) in [6, 6.07) is 3.48. The number of halogens is 1. The number of carbonyl (C=O) groups excluding carboxylic acids is 2. The molecular weight excluding hydrogens is 280 g/mol. The quantitative estimate of drug-likeness (QED) is 0.635. The van der Waals surface area contributed by atoms with Gasteiger partial charge in [0.2, 0.25) is 0 Å². The van der Waals surface area contributed by atoms with Crippen LogP contribution in [0.15, 0.2) is 12.1 Å². The van der Waals surface area contributed by atoms with Crippen LogP contribution in [0.3, 0.4) is 0 Å². The number of Topliss-reactive ketones (excluding diaryl/α,β-unsaturated/α-hetero) is 1. The second kappa shape index (κ2) is 5.09. The van der Waals surface area contributed by atoms with Gasteiger partial charge in [0, 0.05) is 11.5 Å². The average molecular weight is 295 g/mol. The fourth-order valence-corrected chi connectivity index (χ4v) is 2.98. The molecule has 1 saturated carbocycles. The largest absolute Gasteiger partial charge is 0.492 e. The van der Waals surface area contributed by atoms with Crippen molar-refractivity contribution in [1.29, 1.82) is 0 Å². The predicted octanol–water partition coefficient (Wildman–Crippen LogP) is 2.66. The fourth-order valence-electron chi connectivity index (χ4n) is 2.69. The molecule has 3 rings (SSSR count). The summed E-state index contributed by atoms with van der Waals surface area (Å²) in [6.07, 6.45) is 2.35. The normalized spacial score (nSPS) is 23.5. The second-order valence-corrected chi connectivity index (χ2v) is 5.64. The van der Waals surface area contributed by atoms with Crippen molar-refractivity contribution in [2.24, 2.45) is 11.8 Å². The number of hydrogen-bond acceptors (Lipinski definition) is 4. The van der Waals surface area contributed by atoms with E-state index < -0.39 is 0 Å². The number of hydrogen-bond donors (Lipinski definition) is 0. The zero-order valence-electron chi connectivity index (χ0n) is 11.1.